The maximum Gasteiger partial charge on any atom is 0.335 e. The Bertz CT molecular complexity index is 631. The van der Waals surface area contributed by atoms with Gasteiger partial charge in [-0.05, 0) is 49.8 Å². The zero-order chi connectivity index (χ0) is 19.8. The van der Waals surface area contributed by atoms with Crippen LogP contribution in [-0.4, -0.2) is 49.7 Å². The Morgan fingerprint density at radius 1 is 1.26 bits per heavy atom. The lowest BCUT2D eigenvalue weighted by Gasteiger charge is -2.25. The molecule has 0 radical (unpaired) electrons. The number of carbonyl (C=O) groups is 2. The summed E-state index contributed by atoms with van der Waals surface area (Å²) in [7, 11) is 1.63. The molecular formula is C21H31NO5. The molecular weight excluding hydrogens is 346 g/mol. The van der Waals surface area contributed by atoms with Gasteiger partial charge in [0.2, 0.25) is 0 Å². The molecule has 0 saturated carbocycles. The molecule has 1 aromatic carbocycles. The number of amides is 1. The number of hydrogen-bond acceptors (Lipinski definition) is 5. The normalized spacial score (nSPS) is 17.8. The average molecular weight is 377 g/mol. The van der Waals surface area contributed by atoms with Crippen molar-refractivity contribution in [1.82, 2.24) is 4.90 Å². The molecule has 0 aromatic heterocycles. The topological polar surface area (TPSA) is 65.1 Å². The molecule has 6 nitrogen and oxygen atoms in total. The fraction of sp³-hybridized carbons (Fsp3) is 0.619. The summed E-state index contributed by atoms with van der Waals surface area (Å²) in [5.41, 5.74) is 1.04. The van der Waals surface area contributed by atoms with Crippen molar-refractivity contribution < 1.29 is 23.8 Å². The molecule has 6 heteroatoms. The van der Waals surface area contributed by atoms with Crippen molar-refractivity contribution in [1.29, 1.82) is 0 Å². The van der Waals surface area contributed by atoms with Crippen LogP contribution >= 0.6 is 0 Å². The highest BCUT2D eigenvalue weighted by molar-refractivity contribution is 5.82. The molecule has 1 saturated heterocycles. The third-order valence-corrected chi connectivity index (χ3v) is 4.78. The van der Waals surface area contributed by atoms with Gasteiger partial charge in [-0.2, -0.15) is 0 Å². The third kappa shape index (κ3) is 6.24. The molecule has 0 bridgehead atoms. The van der Waals surface area contributed by atoms with Crippen LogP contribution in [0.4, 0.5) is 0 Å². The second-order valence-electron chi connectivity index (χ2n) is 7.33. The van der Waals surface area contributed by atoms with Gasteiger partial charge in [0.05, 0.1) is 13.2 Å². The maximum atomic E-state index is 12.6. The Balaban J connectivity index is 1.86. The van der Waals surface area contributed by atoms with E-state index in [1.54, 1.807) is 18.9 Å². The van der Waals surface area contributed by atoms with E-state index >= 15 is 0 Å². The summed E-state index contributed by atoms with van der Waals surface area (Å²) < 4.78 is 15.9. The molecule has 1 fully saturated rings. The summed E-state index contributed by atoms with van der Waals surface area (Å²) in [5.74, 6) is 0.608. The average Bonchev–Trinajstić information content (AvgIpc) is 3.15. The Morgan fingerprint density at radius 2 is 2.04 bits per heavy atom. The van der Waals surface area contributed by atoms with Crippen molar-refractivity contribution in [2.75, 3.05) is 26.9 Å². The second-order valence-corrected chi connectivity index (χ2v) is 7.33. The quantitative estimate of drug-likeness (QED) is 0.618. The highest BCUT2D eigenvalue weighted by atomic mass is 16.6. The number of rotatable bonds is 9. The molecule has 1 aliphatic rings. The summed E-state index contributed by atoms with van der Waals surface area (Å²) in [4.78, 5) is 26.4. The van der Waals surface area contributed by atoms with Gasteiger partial charge in [0.25, 0.3) is 5.91 Å². The molecule has 1 amide bonds. The largest absolute Gasteiger partial charge is 0.497 e. The van der Waals surface area contributed by atoms with Gasteiger partial charge in [0.15, 0.2) is 12.7 Å². The predicted octanol–water partition coefficient (Wildman–Crippen LogP) is 3.35. The molecule has 0 N–H and O–H groups in total. The Labute approximate surface area is 161 Å². The monoisotopic (exact) mass is 377 g/mol. The minimum absolute atomic E-state index is 0.00832. The van der Waals surface area contributed by atoms with Crippen LogP contribution in [0.3, 0.4) is 0 Å². The van der Waals surface area contributed by atoms with Crippen molar-refractivity contribution >= 4 is 11.9 Å². The first kappa shape index (κ1) is 21.2. The molecule has 0 aliphatic carbocycles. The van der Waals surface area contributed by atoms with Crippen LogP contribution in [-0.2, 0) is 19.1 Å². The Morgan fingerprint density at radius 3 is 2.74 bits per heavy atom. The lowest BCUT2D eigenvalue weighted by molar-refractivity contribution is -0.161. The van der Waals surface area contributed by atoms with Crippen LogP contribution in [0.25, 0.3) is 0 Å². The van der Waals surface area contributed by atoms with E-state index in [9.17, 15) is 9.59 Å². The number of nitrogens with zero attached hydrogens (tertiary/aromatic N) is 1. The number of carbonyl (C=O) groups excluding carboxylic acids is 2. The fourth-order valence-corrected chi connectivity index (χ4v) is 3.14. The van der Waals surface area contributed by atoms with E-state index in [0.717, 1.165) is 30.6 Å². The van der Waals surface area contributed by atoms with E-state index < -0.39 is 12.1 Å². The van der Waals surface area contributed by atoms with Gasteiger partial charge in [-0.25, -0.2) is 4.79 Å². The molecule has 2 atom stereocenters. The van der Waals surface area contributed by atoms with Crippen LogP contribution in [0.2, 0.25) is 0 Å². The molecule has 2 rings (SSSR count). The standard InChI is InChI=1S/C21H31NO5/c1-15(2)10-12-26-16(3)21(24)27-14-20(23)22-11-6-9-19(22)17-7-5-8-18(13-17)25-4/h5,7-8,13,15-16,19H,6,9-12,14H2,1-4H3. The lowest BCUT2D eigenvalue weighted by atomic mass is 10.0. The molecule has 1 heterocycles. The van der Waals surface area contributed by atoms with Crippen molar-refractivity contribution in [3.63, 3.8) is 0 Å². The summed E-state index contributed by atoms with van der Waals surface area (Å²) in [6.07, 6.45) is 2.04. The van der Waals surface area contributed by atoms with Crippen molar-refractivity contribution in [3.8, 4) is 5.75 Å². The van der Waals surface area contributed by atoms with Gasteiger partial charge in [-0.15, -0.1) is 0 Å². The Hall–Kier alpha value is -2.08. The predicted molar refractivity (Wildman–Crippen MR) is 103 cm³/mol. The fourth-order valence-electron chi connectivity index (χ4n) is 3.14. The van der Waals surface area contributed by atoms with Crippen LogP contribution in [0.15, 0.2) is 24.3 Å². The zero-order valence-electron chi connectivity index (χ0n) is 16.8. The smallest absolute Gasteiger partial charge is 0.335 e. The summed E-state index contributed by atoms with van der Waals surface area (Å²) >= 11 is 0. The number of methoxy groups -OCH3 is 1. The maximum absolute atomic E-state index is 12.6. The van der Waals surface area contributed by atoms with Crippen LogP contribution < -0.4 is 4.74 Å². The summed E-state index contributed by atoms with van der Waals surface area (Å²) in [6, 6.07) is 7.74. The highest BCUT2D eigenvalue weighted by Gasteiger charge is 2.31. The van der Waals surface area contributed by atoms with E-state index in [2.05, 4.69) is 13.8 Å². The van der Waals surface area contributed by atoms with Gasteiger partial charge in [0.1, 0.15) is 5.75 Å². The van der Waals surface area contributed by atoms with Crippen LogP contribution in [0.5, 0.6) is 5.75 Å². The van der Waals surface area contributed by atoms with Gasteiger partial charge < -0.3 is 19.1 Å². The number of likely N-dealkylation sites (tertiary alicyclic amines) is 1. The van der Waals surface area contributed by atoms with Gasteiger partial charge >= 0.3 is 5.97 Å². The van der Waals surface area contributed by atoms with E-state index in [1.165, 1.54) is 0 Å². The third-order valence-electron chi connectivity index (χ3n) is 4.78. The van der Waals surface area contributed by atoms with E-state index in [4.69, 9.17) is 14.2 Å². The first-order valence-electron chi connectivity index (χ1n) is 9.64. The first-order valence-corrected chi connectivity index (χ1v) is 9.64. The second kappa shape index (κ2) is 10.3. The number of esters is 1. The molecule has 2 unspecified atom stereocenters. The SMILES string of the molecule is COc1cccc(C2CCCN2C(=O)COC(=O)C(C)OCCC(C)C)c1. The van der Waals surface area contributed by atoms with Gasteiger partial charge in [-0.3, -0.25) is 4.79 Å². The van der Waals surface area contributed by atoms with Crippen LogP contribution in [0, 0.1) is 5.92 Å². The lowest BCUT2D eigenvalue weighted by Crippen LogP contribution is -2.35. The molecule has 1 aromatic rings. The number of ether oxygens (including phenoxy) is 3. The summed E-state index contributed by atoms with van der Waals surface area (Å²) in [6.45, 7) is 6.77. The van der Waals surface area contributed by atoms with Gasteiger partial charge in [-0.1, -0.05) is 26.0 Å². The van der Waals surface area contributed by atoms with Crippen molar-refractivity contribution in [2.24, 2.45) is 5.92 Å². The van der Waals surface area contributed by atoms with Gasteiger partial charge in [0, 0.05) is 13.2 Å². The minimum Gasteiger partial charge on any atom is -0.497 e. The number of hydrogen-bond donors (Lipinski definition) is 0. The Kier molecular flexibility index (Phi) is 8.10. The highest BCUT2D eigenvalue weighted by Crippen LogP contribution is 2.33. The van der Waals surface area contributed by atoms with Crippen molar-refractivity contribution in [3.05, 3.63) is 29.8 Å². The minimum atomic E-state index is -0.663. The molecule has 1 aliphatic heterocycles. The van der Waals surface area contributed by atoms with Crippen molar-refractivity contribution in [2.45, 2.75) is 52.2 Å². The molecule has 0 spiro atoms. The van der Waals surface area contributed by atoms with E-state index in [1.807, 2.05) is 24.3 Å². The molecule has 27 heavy (non-hydrogen) atoms. The van der Waals surface area contributed by atoms with E-state index in [0.29, 0.717) is 19.1 Å². The summed E-state index contributed by atoms with van der Waals surface area (Å²) in [5, 5.41) is 0. The van der Waals surface area contributed by atoms with E-state index in [-0.39, 0.29) is 18.6 Å². The number of benzene rings is 1. The zero-order valence-corrected chi connectivity index (χ0v) is 16.8. The van der Waals surface area contributed by atoms with Crippen LogP contribution in [0.1, 0.15) is 51.6 Å². The molecule has 150 valence electrons. The first-order chi connectivity index (χ1) is 12.9.